The number of piperidine rings is 1. The van der Waals surface area contributed by atoms with Crippen LogP contribution >= 0.6 is 0 Å². The van der Waals surface area contributed by atoms with Crippen LogP contribution in [0.3, 0.4) is 0 Å². The molecule has 150 valence electrons. The van der Waals surface area contributed by atoms with Gasteiger partial charge in [0.25, 0.3) is 0 Å². The number of anilines is 1. The fraction of sp³-hybridized carbons (Fsp3) is 0.700. The molecular formula is C20H34N6O. The number of aliphatic imine (C=N–C) groups is 1. The van der Waals surface area contributed by atoms with E-state index in [-0.39, 0.29) is 5.54 Å². The zero-order valence-electron chi connectivity index (χ0n) is 16.9. The third kappa shape index (κ3) is 5.11. The first-order chi connectivity index (χ1) is 13.1. The lowest BCUT2D eigenvalue weighted by Crippen LogP contribution is -2.58. The maximum Gasteiger partial charge on any atom is 0.191 e. The van der Waals surface area contributed by atoms with Gasteiger partial charge in [-0.05, 0) is 51.9 Å². The van der Waals surface area contributed by atoms with Crippen LogP contribution in [0.4, 0.5) is 5.82 Å². The summed E-state index contributed by atoms with van der Waals surface area (Å²) in [4.78, 5) is 13.6. The molecule has 2 N–H and O–H groups in total. The Morgan fingerprint density at radius 1 is 1.30 bits per heavy atom. The fourth-order valence-corrected chi connectivity index (χ4v) is 3.96. The molecule has 2 aliphatic rings. The second kappa shape index (κ2) is 9.37. The molecule has 0 amide bonds. The molecule has 3 rings (SSSR count). The number of likely N-dealkylation sites (N-methyl/N-ethyl adjacent to an activating group) is 1. The average molecular weight is 375 g/mol. The maximum atomic E-state index is 5.57. The molecule has 2 aliphatic heterocycles. The Labute approximate surface area is 163 Å². The molecule has 1 aromatic heterocycles. The molecule has 0 unspecified atom stereocenters. The van der Waals surface area contributed by atoms with Gasteiger partial charge in [0.05, 0.1) is 0 Å². The number of aromatic nitrogens is 1. The lowest BCUT2D eigenvalue weighted by molar-refractivity contribution is -0.00503. The van der Waals surface area contributed by atoms with E-state index in [0.29, 0.717) is 6.04 Å². The van der Waals surface area contributed by atoms with Gasteiger partial charge in [0.2, 0.25) is 0 Å². The molecule has 0 aliphatic carbocycles. The molecule has 0 spiro atoms. The molecular weight excluding hydrogens is 340 g/mol. The van der Waals surface area contributed by atoms with Crippen LogP contribution in [-0.2, 0) is 4.74 Å². The highest BCUT2D eigenvalue weighted by Gasteiger charge is 2.35. The number of nitrogens with one attached hydrogen (secondary N) is 2. The predicted octanol–water partition coefficient (Wildman–Crippen LogP) is 1.33. The smallest absolute Gasteiger partial charge is 0.191 e. The first-order valence-electron chi connectivity index (χ1n) is 10.0. The third-order valence-corrected chi connectivity index (χ3v) is 5.99. The highest BCUT2D eigenvalue weighted by atomic mass is 16.5. The van der Waals surface area contributed by atoms with Crippen molar-refractivity contribution in [2.45, 2.75) is 37.3 Å². The Morgan fingerprint density at radius 3 is 2.63 bits per heavy atom. The molecule has 7 heteroatoms. The monoisotopic (exact) mass is 374 g/mol. The Kier molecular flexibility index (Phi) is 6.90. The van der Waals surface area contributed by atoms with Gasteiger partial charge in [-0.2, -0.15) is 0 Å². The van der Waals surface area contributed by atoms with Crippen LogP contribution in [0, 0.1) is 0 Å². The van der Waals surface area contributed by atoms with Crippen LogP contribution in [0.5, 0.6) is 0 Å². The normalized spacial score (nSPS) is 21.3. The second-order valence-corrected chi connectivity index (χ2v) is 7.75. The SMILES string of the molecule is CN=C(NCC1(N(C)C)CCOCC1)NC1CCN(c2ccccn2)CC1. The largest absolute Gasteiger partial charge is 0.381 e. The molecule has 0 radical (unpaired) electrons. The number of rotatable bonds is 5. The summed E-state index contributed by atoms with van der Waals surface area (Å²) in [6, 6.07) is 6.55. The van der Waals surface area contributed by atoms with E-state index in [1.807, 2.05) is 19.3 Å². The number of pyridine rings is 1. The molecule has 0 aromatic carbocycles. The quantitative estimate of drug-likeness (QED) is 0.599. The average Bonchev–Trinajstić information content (AvgIpc) is 2.73. The standard InChI is InChI=1S/C20H34N6O/c1-21-19(23-16-20(25(2)3)9-14-27-15-10-20)24-17-7-12-26(13-8-17)18-6-4-5-11-22-18/h4-6,11,17H,7-10,12-16H2,1-3H3,(H2,21,23,24). The number of hydrogen-bond acceptors (Lipinski definition) is 5. The van der Waals surface area contributed by atoms with Crippen LogP contribution in [0.2, 0.25) is 0 Å². The van der Waals surface area contributed by atoms with Crippen LogP contribution in [0.1, 0.15) is 25.7 Å². The molecule has 2 fully saturated rings. The summed E-state index contributed by atoms with van der Waals surface area (Å²) in [7, 11) is 6.18. The molecule has 2 saturated heterocycles. The van der Waals surface area contributed by atoms with Crippen molar-refractivity contribution in [1.29, 1.82) is 0 Å². The van der Waals surface area contributed by atoms with Crippen molar-refractivity contribution in [2.24, 2.45) is 4.99 Å². The van der Waals surface area contributed by atoms with Crippen LogP contribution < -0.4 is 15.5 Å². The van der Waals surface area contributed by atoms with Gasteiger partial charge >= 0.3 is 0 Å². The molecule has 0 atom stereocenters. The van der Waals surface area contributed by atoms with Gasteiger partial charge in [-0.1, -0.05) is 6.07 Å². The minimum absolute atomic E-state index is 0.137. The zero-order chi connectivity index (χ0) is 19.1. The topological polar surface area (TPSA) is 65.0 Å². The molecule has 0 saturated carbocycles. The van der Waals surface area contributed by atoms with E-state index >= 15 is 0 Å². The van der Waals surface area contributed by atoms with Gasteiger partial charge in [0.15, 0.2) is 5.96 Å². The van der Waals surface area contributed by atoms with E-state index in [0.717, 1.165) is 70.3 Å². The Bertz CT molecular complexity index is 592. The van der Waals surface area contributed by atoms with E-state index in [1.54, 1.807) is 0 Å². The minimum atomic E-state index is 0.137. The number of nitrogens with zero attached hydrogens (tertiary/aromatic N) is 4. The molecule has 7 nitrogen and oxygen atoms in total. The summed E-state index contributed by atoms with van der Waals surface area (Å²) in [5.41, 5.74) is 0.137. The molecule has 1 aromatic rings. The van der Waals surface area contributed by atoms with Crippen molar-refractivity contribution < 1.29 is 4.74 Å². The molecule has 27 heavy (non-hydrogen) atoms. The fourth-order valence-electron chi connectivity index (χ4n) is 3.96. The summed E-state index contributed by atoms with van der Waals surface area (Å²) in [5, 5.41) is 7.18. The lowest BCUT2D eigenvalue weighted by Gasteiger charge is -2.43. The maximum absolute atomic E-state index is 5.57. The number of ether oxygens (including phenoxy) is 1. The number of guanidine groups is 1. The lowest BCUT2D eigenvalue weighted by atomic mass is 9.88. The minimum Gasteiger partial charge on any atom is -0.381 e. The third-order valence-electron chi connectivity index (χ3n) is 5.99. The number of hydrogen-bond donors (Lipinski definition) is 2. The van der Waals surface area contributed by atoms with Crippen molar-refractivity contribution >= 4 is 11.8 Å². The first-order valence-corrected chi connectivity index (χ1v) is 10.0. The molecule has 0 bridgehead atoms. The first kappa shape index (κ1) is 19.9. The highest BCUT2D eigenvalue weighted by molar-refractivity contribution is 5.80. The van der Waals surface area contributed by atoms with Crippen molar-refractivity contribution in [3.63, 3.8) is 0 Å². The van der Waals surface area contributed by atoms with E-state index in [2.05, 4.69) is 56.6 Å². The van der Waals surface area contributed by atoms with Crippen LogP contribution in [0.25, 0.3) is 0 Å². The summed E-state index contributed by atoms with van der Waals surface area (Å²) >= 11 is 0. The van der Waals surface area contributed by atoms with E-state index in [1.165, 1.54) is 0 Å². The second-order valence-electron chi connectivity index (χ2n) is 7.75. The van der Waals surface area contributed by atoms with E-state index < -0.39 is 0 Å². The van der Waals surface area contributed by atoms with Crippen molar-refractivity contribution in [1.82, 2.24) is 20.5 Å². The predicted molar refractivity (Wildman–Crippen MR) is 110 cm³/mol. The van der Waals surface area contributed by atoms with Gasteiger partial charge in [-0.15, -0.1) is 0 Å². The van der Waals surface area contributed by atoms with Gasteiger partial charge in [0.1, 0.15) is 5.82 Å². The van der Waals surface area contributed by atoms with Gasteiger partial charge in [-0.25, -0.2) is 4.98 Å². The van der Waals surface area contributed by atoms with Gasteiger partial charge in [-0.3, -0.25) is 4.99 Å². The van der Waals surface area contributed by atoms with E-state index in [9.17, 15) is 0 Å². The summed E-state index contributed by atoms with van der Waals surface area (Å²) in [5.74, 6) is 1.98. The van der Waals surface area contributed by atoms with Gasteiger partial charge in [0, 0.05) is 57.7 Å². The van der Waals surface area contributed by atoms with Gasteiger partial charge < -0.3 is 25.2 Å². The van der Waals surface area contributed by atoms with Crippen molar-refractivity contribution in [3.8, 4) is 0 Å². The Morgan fingerprint density at radius 2 is 2.04 bits per heavy atom. The highest BCUT2D eigenvalue weighted by Crippen LogP contribution is 2.25. The Hall–Kier alpha value is -1.86. The summed E-state index contributed by atoms with van der Waals surface area (Å²) in [6.07, 6.45) is 6.13. The van der Waals surface area contributed by atoms with Crippen molar-refractivity contribution in [2.75, 3.05) is 58.9 Å². The van der Waals surface area contributed by atoms with E-state index in [4.69, 9.17) is 4.74 Å². The Balaban J connectivity index is 1.48. The van der Waals surface area contributed by atoms with Crippen LogP contribution in [-0.4, -0.2) is 81.4 Å². The summed E-state index contributed by atoms with van der Waals surface area (Å²) in [6.45, 7) is 4.58. The summed E-state index contributed by atoms with van der Waals surface area (Å²) < 4.78 is 5.57. The van der Waals surface area contributed by atoms with Crippen molar-refractivity contribution in [3.05, 3.63) is 24.4 Å². The zero-order valence-corrected chi connectivity index (χ0v) is 16.9. The molecule has 3 heterocycles. The van der Waals surface area contributed by atoms with Crippen LogP contribution in [0.15, 0.2) is 29.4 Å².